The highest BCUT2D eigenvalue weighted by molar-refractivity contribution is 5.98. The molecule has 0 atom stereocenters. The molecule has 2 aromatic rings. The Balaban J connectivity index is 1.41. The summed E-state index contributed by atoms with van der Waals surface area (Å²) in [6, 6.07) is 13.0. The second kappa shape index (κ2) is 7.07. The van der Waals surface area contributed by atoms with Gasteiger partial charge in [-0.2, -0.15) is 0 Å². The third kappa shape index (κ3) is 3.47. The predicted molar refractivity (Wildman–Crippen MR) is 103 cm³/mol. The number of carbonyl (C=O) groups excluding carboxylic acids is 2. The third-order valence-corrected chi connectivity index (χ3v) is 4.92. The van der Waals surface area contributed by atoms with Crippen molar-refractivity contribution in [1.82, 2.24) is 5.32 Å². The minimum Gasteiger partial charge on any atom is -0.482 e. The number of anilines is 1. The molecule has 0 fully saturated rings. The number of hydrogen-bond acceptors (Lipinski definition) is 5. The number of ether oxygens (including phenoxy) is 3. The number of benzene rings is 2. The standard InChI is InChI=1S/C21H22N2O5/c1-21(2,14-7-8-17-18(11-14)28-13-27-17)22-19(24)9-10-23-15-5-3-4-6-16(15)26-12-20(23)25/h3-8,11H,9-10,12-13H2,1-2H3,(H,22,24). The van der Waals surface area contributed by atoms with Gasteiger partial charge in [0, 0.05) is 13.0 Å². The summed E-state index contributed by atoms with van der Waals surface area (Å²) < 4.78 is 16.2. The summed E-state index contributed by atoms with van der Waals surface area (Å²) in [4.78, 5) is 26.4. The first kappa shape index (κ1) is 18.2. The van der Waals surface area contributed by atoms with Gasteiger partial charge < -0.3 is 24.4 Å². The topological polar surface area (TPSA) is 77.1 Å². The van der Waals surface area contributed by atoms with E-state index in [1.54, 1.807) is 4.90 Å². The Morgan fingerprint density at radius 1 is 1.07 bits per heavy atom. The predicted octanol–water partition coefficient (Wildman–Crippen LogP) is 2.58. The quantitative estimate of drug-likeness (QED) is 0.860. The van der Waals surface area contributed by atoms with Crippen molar-refractivity contribution in [3.63, 3.8) is 0 Å². The van der Waals surface area contributed by atoms with Gasteiger partial charge in [0.15, 0.2) is 18.1 Å². The number of hydrogen-bond donors (Lipinski definition) is 1. The van der Waals surface area contributed by atoms with Crippen LogP contribution in [0.15, 0.2) is 42.5 Å². The van der Waals surface area contributed by atoms with Crippen molar-refractivity contribution >= 4 is 17.5 Å². The molecule has 0 spiro atoms. The fourth-order valence-corrected chi connectivity index (χ4v) is 3.38. The van der Waals surface area contributed by atoms with Gasteiger partial charge in [0.2, 0.25) is 12.7 Å². The highest BCUT2D eigenvalue weighted by atomic mass is 16.7. The Labute approximate surface area is 163 Å². The van der Waals surface area contributed by atoms with Crippen LogP contribution in [-0.4, -0.2) is 31.8 Å². The number of amides is 2. The van der Waals surface area contributed by atoms with E-state index in [4.69, 9.17) is 14.2 Å². The monoisotopic (exact) mass is 382 g/mol. The van der Waals surface area contributed by atoms with Crippen LogP contribution in [0.25, 0.3) is 0 Å². The maximum absolute atomic E-state index is 12.6. The molecule has 2 heterocycles. The maximum atomic E-state index is 12.6. The molecule has 1 N–H and O–H groups in total. The Bertz CT molecular complexity index is 925. The van der Waals surface area contributed by atoms with Crippen molar-refractivity contribution in [3.05, 3.63) is 48.0 Å². The molecule has 2 amide bonds. The zero-order valence-electron chi connectivity index (χ0n) is 15.9. The summed E-state index contributed by atoms with van der Waals surface area (Å²) in [6.07, 6.45) is 0.189. The Kier molecular flexibility index (Phi) is 4.58. The second-order valence-corrected chi connectivity index (χ2v) is 7.29. The van der Waals surface area contributed by atoms with E-state index in [1.807, 2.05) is 56.3 Å². The maximum Gasteiger partial charge on any atom is 0.265 e. The molecule has 28 heavy (non-hydrogen) atoms. The summed E-state index contributed by atoms with van der Waals surface area (Å²) in [5, 5.41) is 3.04. The minimum atomic E-state index is -0.592. The first-order chi connectivity index (χ1) is 13.4. The van der Waals surface area contributed by atoms with Crippen LogP contribution in [0.3, 0.4) is 0 Å². The summed E-state index contributed by atoms with van der Waals surface area (Å²) >= 11 is 0. The molecule has 0 saturated carbocycles. The van der Waals surface area contributed by atoms with Gasteiger partial charge in [-0.3, -0.25) is 9.59 Å². The lowest BCUT2D eigenvalue weighted by atomic mass is 9.93. The molecular formula is C21H22N2O5. The average Bonchev–Trinajstić information content (AvgIpc) is 3.14. The Morgan fingerprint density at radius 3 is 2.71 bits per heavy atom. The Morgan fingerprint density at radius 2 is 1.86 bits per heavy atom. The van der Waals surface area contributed by atoms with E-state index in [0.29, 0.717) is 29.5 Å². The first-order valence-corrected chi connectivity index (χ1v) is 9.17. The van der Waals surface area contributed by atoms with E-state index in [-0.39, 0.29) is 31.6 Å². The smallest absolute Gasteiger partial charge is 0.265 e. The van der Waals surface area contributed by atoms with Gasteiger partial charge in [-0.1, -0.05) is 18.2 Å². The van der Waals surface area contributed by atoms with Gasteiger partial charge in [-0.15, -0.1) is 0 Å². The van der Waals surface area contributed by atoms with Crippen LogP contribution < -0.4 is 24.4 Å². The number of rotatable bonds is 5. The fourth-order valence-electron chi connectivity index (χ4n) is 3.38. The summed E-state index contributed by atoms with van der Waals surface area (Å²) in [6.45, 7) is 4.35. The molecule has 2 aliphatic rings. The molecular weight excluding hydrogens is 360 g/mol. The summed E-state index contributed by atoms with van der Waals surface area (Å²) in [5.74, 6) is 1.75. The van der Waals surface area contributed by atoms with Gasteiger partial charge >= 0.3 is 0 Å². The fraction of sp³-hybridized carbons (Fsp3) is 0.333. The molecule has 2 aromatic carbocycles. The Hall–Kier alpha value is -3.22. The number of para-hydroxylation sites is 2. The van der Waals surface area contributed by atoms with Gasteiger partial charge in [-0.25, -0.2) is 0 Å². The largest absolute Gasteiger partial charge is 0.482 e. The van der Waals surface area contributed by atoms with Crippen LogP contribution in [0.5, 0.6) is 17.2 Å². The zero-order chi connectivity index (χ0) is 19.7. The van der Waals surface area contributed by atoms with E-state index in [2.05, 4.69) is 5.32 Å². The third-order valence-electron chi connectivity index (χ3n) is 4.92. The molecule has 7 heteroatoms. The second-order valence-electron chi connectivity index (χ2n) is 7.29. The van der Waals surface area contributed by atoms with E-state index >= 15 is 0 Å². The van der Waals surface area contributed by atoms with Crippen molar-refractivity contribution in [1.29, 1.82) is 0 Å². The van der Waals surface area contributed by atoms with Crippen molar-refractivity contribution in [2.75, 3.05) is 24.8 Å². The minimum absolute atomic E-state index is 0.0126. The van der Waals surface area contributed by atoms with Crippen molar-refractivity contribution in [2.24, 2.45) is 0 Å². The summed E-state index contributed by atoms with van der Waals surface area (Å²) in [5.41, 5.74) is 1.02. The molecule has 0 unspecified atom stereocenters. The number of nitrogens with zero attached hydrogens (tertiary/aromatic N) is 1. The lowest BCUT2D eigenvalue weighted by molar-refractivity contribution is -0.123. The van der Waals surface area contributed by atoms with Crippen LogP contribution in [0.2, 0.25) is 0 Å². The van der Waals surface area contributed by atoms with Gasteiger partial charge in [-0.05, 0) is 43.7 Å². The molecule has 4 rings (SSSR count). The molecule has 0 bridgehead atoms. The molecule has 0 saturated heterocycles. The number of nitrogens with one attached hydrogen (secondary N) is 1. The molecule has 0 radical (unpaired) electrons. The van der Waals surface area contributed by atoms with E-state index < -0.39 is 5.54 Å². The number of carbonyl (C=O) groups is 2. The van der Waals surface area contributed by atoms with Crippen molar-refractivity contribution in [2.45, 2.75) is 25.8 Å². The van der Waals surface area contributed by atoms with Gasteiger partial charge in [0.1, 0.15) is 5.75 Å². The van der Waals surface area contributed by atoms with Gasteiger partial charge in [0.05, 0.1) is 11.2 Å². The van der Waals surface area contributed by atoms with Crippen LogP contribution in [0.1, 0.15) is 25.8 Å². The normalized spacial score (nSPS) is 15.1. The lowest BCUT2D eigenvalue weighted by Crippen LogP contribution is -2.44. The highest BCUT2D eigenvalue weighted by Crippen LogP contribution is 2.36. The molecule has 2 aliphatic heterocycles. The van der Waals surface area contributed by atoms with E-state index in [1.165, 1.54) is 0 Å². The van der Waals surface area contributed by atoms with Crippen LogP contribution >= 0.6 is 0 Å². The molecule has 7 nitrogen and oxygen atoms in total. The lowest BCUT2D eigenvalue weighted by Gasteiger charge is -2.30. The van der Waals surface area contributed by atoms with Gasteiger partial charge in [0.25, 0.3) is 5.91 Å². The first-order valence-electron chi connectivity index (χ1n) is 9.17. The highest BCUT2D eigenvalue weighted by Gasteiger charge is 2.28. The van der Waals surface area contributed by atoms with E-state index in [9.17, 15) is 9.59 Å². The average molecular weight is 382 g/mol. The van der Waals surface area contributed by atoms with Crippen LogP contribution in [0.4, 0.5) is 5.69 Å². The van der Waals surface area contributed by atoms with Crippen LogP contribution in [-0.2, 0) is 15.1 Å². The van der Waals surface area contributed by atoms with E-state index in [0.717, 1.165) is 5.56 Å². The summed E-state index contributed by atoms with van der Waals surface area (Å²) in [7, 11) is 0. The number of fused-ring (bicyclic) bond motifs is 2. The molecule has 0 aliphatic carbocycles. The molecule has 0 aromatic heterocycles. The van der Waals surface area contributed by atoms with Crippen LogP contribution in [0, 0.1) is 0 Å². The molecule has 146 valence electrons. The SMILES string of the molecule is CC(C)(NC(=O)CCN1C(=O)COc2ccccc21)c1ccc2c(c1)OCO2. The van der Waals surface area contributed by atoms with Crippen molar-refractivity contribution < 1.29 is 23.8 Å². The zero-order valence-corrected chi connectivity index (χ0v) is 15.9. The van der Waals surface area contributed by atoms with Crippen molar-refractivity contribution in [3.8, 4) is 17.2 Å².